The van der Waals surface area contributed by atoms with Crippen LogP contribution in [0.2, 0.25) is 0 Å². The fourth-order valence-electron chi connectivity index (χ4n) is 3.28. The van der Waals surface area contributed by atoms with E-state index in [2.05, 4.69) is 22.3 Å². The lowest BCUT2D eigenvalue weighted by Gasteiger charge is -2.32. The summed E-state index contributed by atoms with van der Waals surface area (Å²) in [6.45, 7) is 5.68. The van der Waals surface area contributed by atoms with Gasteiger partial charge >= 0.3 is 0 Å². The molecule has 3 rings (SSSR count). The Morgan fingerprint density at radius 2 is 2.32 bits per heavy atom. The van der Waals surface area contributed by atoms with Crippen molar-refractivity contribution in [1.82, 2.24) is 15.0 Å². The largest absolute Gasteiger partial charge is 0.342 e. The van der Waals surface area contributed by atoms with E-state index in [9.17, 15) is 4.79 Å². The Bertz CT molecular complexity index is 550. The molecule has 0 spiro atoms. The highest BCUT2D eigenvalue weighted by Gasteiger charge is 2.29. The van der Waals surface area contributed by atoms with Gasteiger partial charge in [-0.15, -0.1) is 0 Å². The van der Waals surface area contributed by atoms with Gasteiger partial charge in [0.25, 0.3) is 0 Å². The molecule has 1 aliphatic carbocycles. The third kappa shape index (κ3) is 3.39. The Kier molecular flexibility index (Phi) is 4.60. The first-order chi connectivity index (χ1) is 10.6. The third-order valence-electron chi connectivity index (χ3n) is 4.64. The van der Waals surface area contributed by atoms with E-state index in [1.54, 1.807) is 0 Å². The molecule has 2 aliphatic rings. The maximum Gasteiger partial charge on any atom is 0.229 e. The summed E-state index contributed by atoms with van der Waals surface area (Å²) in [6, 6.07) is 0. The van der Waals surface area contributed by atoms with Crippen molar-refractivity contribution in [2.24, 2.45) is 5.92 Å². The number of aromatic nitrogens is 2. The normalized spacial score (nSPS) is 25.1. The van der Waals surface area contributed by atoms with Crippen LogP contribution in [0.1, 0.15) is 69.5 Å². The van der Waals surface area contributed by atoms with E-state index in [1.807, 2.05) is 18.7 Å². The van der Waals surface area contributed by atoms with Crippen LogP contribution in [0.15, 0.2) is 16.7 Å². The molecular weight excluding hydrogens is 278 g/mol. The molecule has 0 N–H and O–H groups in total. The Morgan fingerprint density at radius 3 is 3.00 bits per heavy atom. The molecule has 1 aromatic rings. The van der Waals surface area contributed by atoms with E-state index < -0.39 is 0 Å². The number of nitrogens with zero attached hydrogens (tertiary/aromatic N) is 3. The monoisotopic (exact) mass is 303 g/mol. The Labute approximate surface area is 131 Å². The van der Waals surface area contributed by atoms with E-state index in [-0.39, 0.29) is 17.7 Å². The standard InChI is InChI=1S/C17H25N3O2/c1-12(2)17-18-16(19-22-17)14-8-5-9-20(11-14)15(21)10-13-6-3-4-7-13/h3,6,12-14H,4-5,7-11H2,1-2H3/t13-,14-/m0/s1. The van der Waals surface area contributed by atoms with Crippen LogP contribution in [0.4, 0.5) is 0 Å². The topological polar surface area (TPSA) is 59.2 Å². The maximum absolute atomic E-state index is 12.5. The zero-order chi connectivity index (χ0) is 15.5. The van der Waals surface area contributed by atoms with Crippen molar-refractivity contribution in [3.05, 3.63) is 23.9 Å². The van der Waals surface area contributed by atoms with Crippen molar-refractivity contribution < 1.29 is 9.32 Å². The summed E-state index contributed by atoms with van der Waals surface area (Å²) in [5, 5.41) is 4.12. The number of piperidine rings is 1. The molecule has 5 nitrogen and oxygen atoms in total. The second-order valence-corrected chi connectivity index (χ2v) is 6.79. The molecule has 22 heavy (non-hydrogen) atoms. The fourth-order valence-corrected chi connectivity index (χ4v) is 3.28. The Morgan fingerprint density at radius 1 is 1.45 bits per heavy atom. The van der Waals surface area contributed by atoms with E-state index in [4.69, 9.17) is 4.52 Å². The molecule has 120 valence electrons. The highest BCUT2D eigenvalue weighted by Crippen LogP contribution is 2.28. The summed E-state index contributed by atoms with van der Waals surface area (Å²) in [5.41, 5.74) is 0. The SMILES string of the molecule is CC(C)c1nc([C@H]2CCCN(C(=O)C[C@H]3C=CCC3)C2)no1. The predicted octanol–water partition coefficient (Wildman–Crippen LogP) is 3.26. The first kappa shape index (κ1) is 15.3. The van der Waals surface area contributed by atoms with Crippen LogP contribution < -0.4 is 0 Å². The van der Waals surface area contributed by atoms with Gasteiger partial charge in [-0.2, -0.15) is 4.98 Å². The summed E-state index contributed by atoms with van der Waals surface area (Å²) in [4.78, 5) is 19.0. The lowest BCUT2D eigenvalue weighted by atomic mass is 9.96. The van der Waals surface area contributed by atoms with Crippen LogP contribution in [-0.2, 0) is 4.79 Å². The first-order valence-electron chi connectivity index (χ1n) is 8.41. The molecule has 0 unspecified atom stereocenters. The number of rotatable bonds is 4. The minimum Gasteiger partial charge on any atom is -0.342 e. The van der Waals surface area contributed by atoms with E-state index in [0.29, 0.717) is 18.2 Å². The van der Waals surface area contributed by atoms with Gasteiger partial charge in [0.2, 0.25) is 11.8 Å². The molecule has 0 bridgehead atoms. The highest BCUT2D eigenvalue weighted by atomic mass is 16.5. The Balaban J connectivity index is 1.60. The quantitative estimate of drug-likeness (QED) is 0.801. The van der Waals surface area contributed by atoms with Crippen molar-refractivity contribution in [1.29, 1.82) is 0 Å². The molecule has 1 fully saturated rings. The smallest absolute Gasteiger partial charge is 0.229 e. The average molecular weight is 303 g/mol. The minimum absolute atomic E-state index is 0.216. The molecule has 1 amide bonds. The lowest BCUT2D eigenvalue weighted by molar-refractivity contribution is -0.133. The Hall–Kier alpha value is -1.65. The fraction of sp³-hybridized carbons (Fsp3) is 0.706. The summed E-state index contributed by atoms with van der Waals surface area (Å²) in [7, 11) is 0. The van der Waals surface area contributed by atoms with Gasteiger partial charge in [0.05, 0.1) is 0 Å². The van der Waals surface area contributed by atoms with Crippen molar-refractivity contribution in [3.63, 3.8) is 0 Å². The van der Waals surface area contributed by atoms with Crippen molar-refractivity contribution in [2.45, 2.75) is 57.8 Å². The van der Waals surface area contributed by atoms with Crippen LogP contribution in [0.5, 0.6) is 0 Å². The van der Waals surface area contributed by atoms with Gasteiger partial charge in [0.15, 0.2) is 5.82 Å². The van der Waals surface area contributed by atoms with Crippen LogP contribution in [0.25, 0.3) is 0 Å². The summed E-state index contributed by atoms with van der Waals surface area (Å²) in [6.07, 6.45) is 9.30. The number of hydrogen-bond acceptors (Lipinski definition) is 4. The van der Waals surface area contributed by atoms with E-state index >= 15 is 0 Å². The second-order valence-electron chi connectivity index (χ2n) is 6.79. The highest BCUT2D eigenvalue weighted by molar-refractivity contribution is 5.77. The number of likely N-dealkylation sites (tertiary alicyclic amines) is 1. The van der Waals surface area contributed by atoms with Crippen molar-refractivity contribution >= 4 is 5.91 Å². The molecule has 2 atom stereocenters. The number of carbonyl (C=O) groups excluding carboxylic acids is 1. The molecule has 1 aliphatic heterocycles. The van der Waals surface area contributed by atoms with Crippen LogP contribution in [-0.4, -0.2) is 34.0 Å². The van der Waals surface area contributed by atoms with Crippen molar-refractivity contribution in [2.75, 3.05) is 13.1 Å². The van der Waals surface area contributed by atoms with Gasteiger partial charge in [-0.3, -0.25) is 4.79 Å². The molecule has 1 saturated heterocycles. The van der Waals surface area contributed by atoms with Crippen LogP contribution >= 0.6 is 0 Å². The van der Waals surface area contributed by atoms with Crippen LogP contribution in [0.3, 0.4) is 0 Å². The maximum atomic E-state index is 12.5. The first-order valence-corrected chi connectivity index (χ1v) is 8.41. The molecule has 0 radical (unpaired) electrons. The van der Waals surface area contributed by atoms with Crippen LogP contribution in [0, 0.1) is 5.92 Å². The van der Waals surface area contributed by atoms with Gasteiger partial charge < -0.3 is 9.42 Å². The number of amides is 1. The van der Waals surface area contributed by atoms with Gasteiger partial charge in [-0.05, 0) is 31.6 Å². The number of carbonyl (C=O) groups is 1. The minimum atomic E-state index is 0.216. The molecule has 2 heterocycles. The van der Waals surface area contributed by atoms with Gasteiger partial charge in [-0.25, -0.2) is 0 Å². The predicted molar refractivity (Wildman–Crippen MR) is 83.4 cm³/mol. The molecular formula is C17H25N3O2. The molecule has 0 saturated carbocycles. The molecule has 0 aromatic carbocycles. The summed E-state index contributed by atoms with van der Waals surface area (Å²) in [5.74, 6) is 2.63. The van der Waals surface area contributed by atoms with E-state index in [0.717, 1.165) is 44.6 Å². The average Bonchev–Trinajstić information content (AvgIpc) is 3.18. The number of allylic oxidation sites excluding steroid dienone is 2. The van der Waals surface area contributed by atoms with Gasteiger partial charge in [-0.1, -0.05) is 31.2 Å². The number of hydrogen-bond donors (Lipinski definition) is 0. The van der Waals surface area contributed by atoms with Crippen molar-refractivity contribution in [3.8, 4) is 0 Å². The van der Waals surface area contributed by atoms with Gasteiger partial charge in [0, 0.05) is 31.3 Å². The zero-order valence-corrected chi connectivity index (χ0v) is 13.5. The van der Waals surface area contributed by atoms with E-state index in [1.165, 1.54) is 0 Å². The summed E-state index contributed by atoms with van der Waals surface area (Å²) >= 11 is 0. The zero-order valence-electron chi connectivity index (χ0n) is 13.5. The second kappa shape index (κ2) is 6.63. The van der Waals surface area contributed by atoms with Gasteiger partial charge in [0.1, 0.15) is 0 Å². The lowest BCUT2D eigenvalue weighted by Crippen LogP contribution is -2.39. The molecule has 5 heteroatoms. The summed E-state index contributed by atoms with van der Waals surface area (Å²) < 4.78 is 5.31. The third-order valence-corrected chi connectivity index (χ3v) is 4.64. The molecule has 1 aromatic heterocycles.